The molecule has 6 heteroatoms. The average Bonchev–Trinajstić information content (AvgIpc) is 3.45. The molecule has 1 unspecified atom stereocenters. The van der Waals surface area contributed by atoms with Gasteiger partial charge in [-0.1, -0.05) is 30.3 Å². The molecule has 1 aliphatic rings. The van der Waals surface area contributed by atoms with E-state index in [1.165, 1.54) is 18.5 Å². The average molecular weight is 413 g/mol. The Morgan fingerprint density at radius 1 is 1.20 bits per heavy atom. The Labute approximate surface area is 180 Å². The van der Waals surface area contributed by atoms with Gasteiger partial charge >= 0.3 is 0 Å². The van der Waals surface area contributed by atoms with Crippen molar-refractivity contribution >= 4 is 5.96 Å². The first kappa shape index (κ1) is 22.4. The quantitative estimate of drug-likeness (QED) is 0.318. The maximum absolute atomic E-state index is 5.63. The largest absolute Gasteiger partial charge is 0.467 e. The van der Waals surface area contributed by atoms with Gasteiger partial charge in [-0.05, 0) is 56.3 Å². The molecule has 0 aliphatic carbocycles. The molecule has 2 aromatic rings. The van der Waals surface area contributed by atoms with Gasteiger partial charge in [-0.15, -0.1) is 0 Å². The minimum absolute atomic E-state index is 0.531. The van der Waals surface area contributed by atoms with Crippen LogP contribution in [-0.2, 0) is 17.8 Å². The summed E-state index contributed by atoms with van der Waals surface area (Å²) in [7, 11) is 0. The van der Waals surface area contributed by atoms with Crippen LogP contribution >= 0.6 is 0 Å². The van der Waals surface area contributed by atoms with E-state index in [2.05, 4.69) is 52.8 Å². The molecule has 1 fully saturated rings. The van der Waals surface area contributed by atoms with Crippen molar-refractivity contribution in [2.24, 2.45) is 10.9 Å². The van der Waals surface area contributed by atoms with Crippen molar-refractivity contribution in [1.29, 1.82) is 0 Å². The first-order valence-corrected chi connectivity index (χ1v) is 11.2. The minimum Gasteiger partial charge on any atom is -0.467 e. The normalized spacial score (nSPS) is 17.4. The van der Waals surface area contributed by atoms with Gasteiger partial charge < -0.3 is 24.7 Å². The van der Waals surface area contributed by atoms with Gasteiger partial charge in [-0.25, -0.2) is 0 Å². The molecule has 0 radical (unpaired) electrons. The molecule has 2 heterocycles. The lowest BCUT2D eigenvalue weighted by Gasteiger charge is -2.16. The fraction of sp³-hybridized carbons (Fsp3) is 0.542. The van der Waals surface area contributed by atoms with Crippen LogP contribution in [-0.4, -0.2) is 56.7 Å². The SMILES string of the molecule is CCNC(=NCC1CCN(CCc2ccccc2)C1)NCCCOCc1ccco1. The lowest BCUT2D eigenvalue weighted by molar-refractivity contribution is 0.105. The number of guanidine groups is 1. The molecule has 1 atom stereocenters. The van der Waals surface area contributed by atoms with E-state index in [4.69, 9.17) is 14.1 Å². The van der Waals surface area contributed by atoms with Crippen LogP contribution in [0.2, 0.25) is 0 Å². The Hall–Kier alpha value is -2.31. The molecule has 1 saturated heterocycles. The summed E-state index contributed by atoms with van der Waals surface area (Å²) in [5, 5.41) is 6.77. The molecule has 0 bridgehead atoms. The summed E-state index contributed by atoms with van der Waals surface area (Å²) in [6, 6.07) is 14.6. The fourth-order valence-corrected chi connectivity index (χ4v) is 3.71. The van der Waals surface area contributed by atoms with Crippen molar-refractivity contribution in [1.82, 2.24) is 15.5 Å². The van der Waals surface area contributed by atoms with Gasteiger partial charge in [0, 0.05) is 39.3 Å². The highest BCUT2D eigenvalue weighted by atomic mass is 16.5. The smallest absolute Gasteiger partial charge is 0.191 e. The topological polar surface area (TPSA) is 62.0 Å². The first-order chi connectivity index (χ1) is 14.8. The number of benzene rings is 1. The summed E-state index contributed by atoms with van der Waals surface area (Å²) in [6.07, 6.45) is 4.97. The molecule has 0 spiro atoms. The molecule has 2 N–H and O–H groups in total. The van der Waals surface area contributed by atoms with Gasteiger partial charge in [0.15, 0.2) is 5.96 Å². The Kier molecular flexibility index (Phi) is 9.76. The van der Waals surface area contributed by atoms with Crippen LogP contribution in [0.4, 0.5) is 0 Å². The van der Waals surface area contributed by atoms with Crippen LogP contribution in [0.25, 0.3) is 0 Å². The molecule has 164 valence electrons. The number of rotatable bonds is 12. The number of likely N-dealkylation sites (tertiary alicyclic amines) is 1. The zero-order valence-corrected chi connectivity index (χ0v) is 18.2. The van der Waals surface area contributed by atoms with Crippen molar-refractivity contribution in [2.45, 2.75) is 32.8 Å². The molecule has 1 aliphatic heterocycles. The molecular weight excluding hydrogens is 376 g/mol. The second-order valence-electron chi connectivity index (χ2n) is 7.82. The van der Waals surface area contributed by atoms with Gasteiger partial charge in [-0.2, -0.15) is 0 Å². The third-order valence-electron chi connectivity index (χ3n) is 5.36. The molecule has 0 saturated carbocycles. The Bertz CT molecular complexity index is 718. The van der Waals surface area contributed by atoms with E-state index in [-0.39, 0.29) is 0 Å². The molecule has 0 amide bonds. The number of hydrogen-bond donors (Lipinski definition) is 2. The lowest BCUT2D eigenvalue weighted by atomic mass is 10.1. The monoisotopic (exact) mass is 412 g/mol. The number of hydrogen-bond acceptors (Lipinski definition) is 4. The van der Waals surface area contributed by atoms with E-state index in [0.29, 0.717) is 19.1 Å². The van der Waals surface area contributed by atoms with E-state index in [1.54, 1.807) is 6.26 Å². The predicted molar refractivity (Wildman–Crippen MR) is 122 cm³/mol. The van der Waals surface area contributed by atoms with Crippen molar-refractivity contribution in [2.75, 3.05) is 45.9 Å². The van der Waals surface area contributed by atoms with Gasteiger partial charge in [0.25, 0.3) is 0 Å². The summed E-state index contributed by atoms with van der Waals surface area (Å²) in [4.78, 5) is 7.39. The summed E-state index contributed by atoms with van der Waals surface area (Å²) in [5.41, 5.74) is 1.42. The highest BCUT2D eigenvalue weighted by Crippen LogP contribution is 2.17. The molecule has 1 aromatic heterocycles. The Morgan fingerprint density at radius 2 is 2.10 bits per heavy atom. The zero-order chi connectivity index (χ0) is 20.9. The predicted octanol–water partition coefficient (Wildman–Crippen LogP) is 3.31. The van der Waals surface area contributed by atoms with Crippen molar-refractivity contribution < 1.29 is 9.15 Å². The van der Waals surface area contributed by atoms with Crippen LogP contribution in [0.5, 0.6) is 0 Å². The fourth-order valence-electron chi connectivity index (χ4n) is 3.71. The van der Waals surface area contributed by atoms with E-state index < -0.39 is 0 Å². The van der Waals surface area contributed by atoms with Gasteiger partial charge in [0.05, 0.1) is 6.26 Å². The van der Waals surface area contributed by atoms with E-state index in [1.807, 2.05) is 12.1 Å². The molecule has 1 aromatic carbocycles. The molecular formula is C24H36N4O2. The van der Waals surface area contributed by atoms with Gasteiger partial charge in [-0.3, -0.25) is 4.99 Å². The number of aliphatic imine (C=N–C) groups is 1. The van der Waals surface area contributed by atoms with Crippen LogP contribution in [0.3, 0.4) is 0 Å². The summed E-state index contributed by atoms with van der Waals surface area (Å²) < 4.78 is 10.9. The summed E-state index contributed by atoms with van der Waals surface area (Å²) in [5.74, 6) is 2.42. The lowest BCUT2D eigenvalue weighted by Crippen LogP contribution is -2.38. The number of ether oxygens (including phenoxy) is 1. The van der Waals surface area contributed by atoms with E-state index >= 15 is 0 Å². The second-order valence-corrected chi connectivity index (χ2v) is 7.82. The van der Waals surface area contributed by atoms with Crippen LogP contribution in [0.1, 0.15) is 31.1 Å². The Balaban J connectivity index is 1.30. The Morgan fingerprint density at radius 3 is 2.90 bits per heavy atom. The van der Waals surface area contributed by atoms with E-state index in [0.717, 1.165) is 57.3 Å². The zero-order valence-electron chi connectivity index (χ0n) is 18.2. The highest BCUT2D eigenvalue weighted by molar-refractivity contribution is 5.79. The maximum atomic E-state index is 5.63. The maximum Gasteiger partial charge on any atom is 0.191 e. The second kappa shape index (κ2) is 13.1. The first-order valence-electron chi connectivity index (χ1n) is 11.2. The van der Waals surface area contributed by atoms with Crippen LogP contribution < -0.4 is 10.6 Å². The standard InChI is InChI=1S/C24H36N4O2/c1-2-25-24(26-13-7-16-29-20-23-10-6-17-30-23)27-18-22-12-15-28(19-22)14-11-21-8-4-3-5-9-21/h3-6,8-10,17,22H,2,7,11-16,18-20H2,1H3,(H2,25,26,27). The summed E-state index contributed by atoms with van der Waals surface area (Å²) >= 11 is 0. The van der Waals surface area contributed by atoms with Crippen molar-refractivity contribution in [3.63, 3.8) is 0 Å². The van der Waals surface area contributed by atoms with Crippen LogP contribution in [0, 0.1) is 5.92 Å². The third kappa shape index (κ3) is 8.20. The molecule has 6 nitrogen and oxygen atoms in total. The number of nitrogens with zero attached hydrogens (tertiary/aromatic N) is 2. The van der Waals surface area contributed by atoms with Gasteiger partial charge in [0.2, 0.25) is 0 Å². The number of nitrogens with one attached hydrogen (secondary N) is 2. The summed E-state index contributed by atoms with van der Waals surface area (Å²) in [6.45, 7) is 9.40. The highest BCUT2D eigenvalue weighted by Gasteiger charge is 2.21. The third-order valence-corrected chi connectivity index (χ3v) is 5.36. The van der Waals surface area contributed by atoms with Gasteiger partial charge in [0.1, 0.15) is 12.4 Å². The van der Waals surface area contributed by atoms with Crippen molar-refractivity contribution in [3.8, 4) is 0 Å². The number of furan rings is 1. The minimum atomic E-state index is 0.531. The van der Waals surface area contributed by atoms with Crippen LogP contribution in [0.15, 0.2) is 58.1 Å². The molecule has 30 heavy (non-hydrogen) atoms. The molecule has 3 rings (SSSR count). The van der Waals surface area contributed by atoms with E-state index in [9.17, 15) is 0 Å². The van der Waals surface area contributed by atoms with Crippen molar-refractivity contribution in [3.05, 3.63) is 60.1 Å².